The van der Waals surface area contributed by atoms with E-state index in [2.05, 4.69) is 41.5 Å². The topological polar surface area (TPSA) is 46.5 Å². The Balaban J connectivity index is 2.13. The standard InChI is InChI=1S/C31H54O3/c1-30(2,3)23-19-14-12-10-8-7-9-11-13-18-22-28(32)24-27(31(4,5)6)25-34-29(33)26-20-16-15-17-21-26/h15-17,20-21,27-28,32H,7-14,18-19,22-25H2,1-6H3. The van der Waals surface area contributed by atoms with Crippen molar-refractivity contribution in [2.75, 3.05) is 6.61 Å². The molecular formula is C31H54O3. The van der Waals surface area contributed by atoms with Crippen molar-refractivity contribution in [3.05, 3.63) is 35.9 Å². The molecule has 0 saturated carbocycles. The molecule has 0 bridgehead atoms. The van der Waals surface area contributed by atoms with Crippen LogP contribution >= 0.6 is 0 Å². The van der Waals surface area contributed by atoms with Crippen LogP contribution in [0, 0.1) is 16.7 Å². The number of unbranched alkanes of at least 4 members (excludes halogenated alkanes) is 9. The van der Waals surface area contributed by atoms with E-state index >= 15 is 0 Å². The SMILES string of the molecule is CC(C)(C)CCCCCCCCCCCCC(O)CC(COC(=O)c1ccccc1)C(C)(C)C. The van der Waals surface area contributed by atoms with Crippen LogP contribution in [0.2, 0.25) is 0 Å². The van der Waals surface area contributed by atoms with Gasteiger partial charge >= 0.3 is 5.97 Å². The molecule has 0 aliphatic carbocycles. The van der Waals surface area contributed by atoms with Crippen molar-refractivity contribution in [1.82, 2.24) is 0 Å². The zero-order valence-electron chi connectivity index (χ0n) is 23.2. The molecule has 0 radical (unpaired) electrons. The molecule has 1 aromatic carbocycles. The van der Waals surface area contributed by atoms with E-state index in [0.717, 1.165) is 12.8 Å². The third kappa shape index (κ3) is 15.5. The first-order valence-corrected chi connectivity index (χ1v) is 13.9. The molecule has 0 aliphatic heterocycles. The smallest absolute Gasteiger partial charge is 0.338 e. The van der Waals surface area contributed by atoms with Crippen molar-refractivity contribution < 1.29 is 14.6 Å². The maximum absolute atomic E-state index is 12.3. The molecule has 0 heterocycles. The summed E-state index contributed by atoms with van der Waals surface area (Å²) < 4.78 is 5.59. The summed E-state index contributed by atoms with van der Waals surface area (Å²) >= 11 is 0. The molecule has 1 N–H and O–H groups in total. The molecule has 2 atom stereocenters. The molecule has 0 amide bonds. The molecule has 196 valence electrons. The zero-order chi connectivity index (χ0) is 25.5. The van der Waals surface area contributed by atoms with Gasteiger partial charge in [0.25, 0.3) is 0 Å². The van der Waals surface area contributed by atoms with Gasteiger partial charge in [0.2, 0.25) is 0 Å². The van der Waals surface area contributed by atoms with Crippen LogP contribution in [-0.4, -0.2) is 23.8 Å². The molecule has 34 heavy (non-hydrogen) atoms. The Labute approximate surface area is 211 Å². The molecule has 0 saturated heterocycles. The van der Waals surface area contributed by atoms with E-state index in [0.29, 0.717) is 24.0 Å². The van der Waals surface area contributed by atoms with Crippen LogP contribution in [0.25, 0.3) is 0 Å². The predicted octanol–water partition coefficient (Wildman–Crippen LogP) is 8.98. The number of ether oxygens (including phenoxy) is 1. The van der Waals surface area contributed by atoms with E-state index in [4.69, 9.17) is 4.74 Å². The molecule has 1 rings (SSSR count). The molecule has 0 fully saturated rings. The third-order valence-electron chi connectivity index (χ3n) is 6.92. The molecule has 0 spiro atoms. The van der Waals surface area contributed by atoms with E-state index in [1.54, 1.807) is 12.1 Å². The van der Waals surface area contributed by atoms with Gasteiger partial charge in [0.05, 0.1) is 18.3 Å². The highest BCUT2D eigenvalue weighted by molar-refractivity contribution is 5.89. The summed E-state index contributed by atoms with van der Waals surface area (Å²) in [6.45, 7) is 13.8. The molecule has 2 unspecified atom stereocenters. The van der Waals surface area contributed by atoms with E-state index in [9.17, 15) is 9.90 Å². The Kier molecular flexibility index (Phi) is 14.7. The molecule has 0 aliphatic rings. The number of aliphatic hydroxyl groups is 1. The van der Waals surface area contributed by atoms with Crippen molar-refractivity contribution in [1.29, 1.82) is 0 Å². The number of hydrogen-bond acceptors (Lipinski definition) is 3. The predicted molar refractivity (Wildman–Crippen MR) is 145 cm³/mol. The van der Waals surface area contributed by atoms with Gasteiger partial charge < -0.3 is 9.84 Å². The van der Waals surface area contributed by atoms with Gasteiger partial charge in [-0.15, -0.1) is 0 Å². The number of aliphatic hydroxyl groups excluding tert-OH is 1. The van der Waals surface area contributed by atoms with Crippen molar-refractivity contribution >= 4 is 5.97 Å². The summed E-state index contributed by atoms with van der Waals surface area (Å²) in [6, 6.07) is 9.13. The second-order valence-electron chi connectivity index (χ2n) is 12.6. The normalized spacial score (nSPS) is 14.1. The summed E-state index contributed by atoms with van der Waals surface area (Å²) in [5.41, 5.74) is 1.04. The molecule has 1 aromatic rings. The molecule has 3 nitrogen and oxygen atoms in total. The highest BCUT2D eigenvalue weighted by Crippen LogP contribution is 2.31. The largest absolute Gasteiger partial charge is 0.462 e. The third-order valence-corrected chi connectivity index (χ3v) is 6.92. The van der Waals surface area contributed by atoms with Gasteiger partial charge in [-0.2, -0.15) is 0 Å². The minimum atomic E-state index is -0.326. The maximum atomic E-state index is 12.3. The summed E-state index contributed by atoms with van der Waals surface area (Å²) in [7, 11) is 0. The Morgan fingerprint density at radius 2 is 1.29 bits per heavy atom. The lowest BCUT2D eigenvalue weighted by atomic mass is 9.77. The van der Waals surface area contributed by atoms with Crippen LogP contribution in [0.5, 0.6) is 0 Å². The fraction of sp³-hybridized carbons (Fsp3) is 0.774. The van der Waals surface area contributed by atoms with Crippen LogP contribution in [-0.2, 0) is 4.74 Å². The minimum Gasteiger partial charge on any atom is -0.462 e. The lowest BCUT2D eigenvalue weighted by molar-refractivity contribution is 0.0183. The summed E-state index contributed by atoms with van der Waals surface area (Å²) in [4.78, 5) is 12.3. The number of carbonyl (C=O) groups is 1. The van der Waals surface area contributed by atoms with Crippen LogP contribution in [0.4, 0.5) is 0 Å². The number of benzene rings is 1. The van der Waals surface area contributed by atoms with Crippen LogP contribution in [0.3, 0.4) is 0 Å². The Bertz CT molecular complexity index is 639. The zero-order valence-corrected chi connectivity index (χ0v) is 23.2. The van der Waals surface area contributed by atoms with Gasteiger partial charge in [0, 0.05) is 5.92 Å². The van der Waals surface area contributed by atoms with Crippen LogP contribution in [0.15, 0.2) is 30.3 Å². The van der Waals surface area contributed by atoms with E-state index in [1.807, 2.05) is 18.2 Å². The van der Waals surface area contributed by atoms with Gasteiger partial charge in [-0.3, -0.25) is 0 Å². The molecule has 3 heteroatoms. The van der Waals surface area contributed by atoms with Crippen molar-refractivity contribution in [2.45, 2.75) is 131 Å². The maximum Gasteiger partial charge on any atom is 0.338 e. The number of esters is 1. The van der Waals surface area contributed by atoms with Gasteiger partial charge in [0.1, 0.15) is 0 Å². The van der Waals surface area contributed by atoms with Gasteiger partial charge in [0.15, 0.2) is 0 Å². The number of rotatable bonds is 17. The average molecular weight is 475 g/mol. The van der Waals surface area contributed by atoms with Crippen molar-refractivity contribution in [2.24, 2.45) is 16.7 Å². The van der Waals surface area contributed by atoms with E-state index < -0.39 is 0 Å². The van der Waals surface area contributed by atoms with Gasteiger partial charge in [-0.1, -0.05) is 124 Å². The summed E-state index contributed by atoms with van der Waals surface area (Å²) in [6.07, 6.45) is 15.6. The lowest BCUT2D eigenvalue weighted by Gasteiger charge is -2.32. The molecular weight excluding hydrogens is 420 g/mol. The lowest BCUT2D eigenvalue weighted by Crippen LogP contribution is -2.30. The first-order valence-electron chi connectivity index (χ1n) is 13.9. The summed E-state index contributed by atoms with van der Waals surface area (Å²) in [5, 5.41) is 10.6. The highest BCUT2D eigenvalue weighted by atomic mass is 16.5. The first kappa shape index (κ1) is 30.7. The van der Waals surface area contributed by atoms with Crippen molar-refractivity contribution in [3.63, 3.8) is 0 Å². The number of hydrogen-bond donors (Lipinski definition) is 1. The van der Waals surface area contributed by atoms with E-state index in [1.165, 1.54) is 64.2 Å². The second kappa shape index (κ2) is 16.3. The van der Waals surface area contributed by atoms with Crippen molar-refractivity contribution in [3.8, 4) is 0 Å². The summed E-state index contributed by atoms with van der Waals surface area (Å²) in [5.74, 6) is -0.146. The second-order valence-corrected chi connectivity index (χ2v) is 12.6. The van der Waals surface area contributed by atoms with Gasteiger partial charge in [-0.05, 0) is 42.2 Å². The Morgan fingerprint density at radius 3 is 1.79 bits per heavy atom. The monoisotopic (exact) mass is 474 g/mol. The first-order chi connectivity index (χ1) is 16.0. The quantitative estimate of drug-likeness (QED) is 0.181. The van der Waals surface area contributed by atoms with Crippen LogP contribution < -0.4 is 0 Å². The molecule has 0 aromatic heterocycles. The Morgan fingerprint density at radius 1 is 0.794 bits per heavy atom. The fourth-order valence-electron chi connectivity index (χ4n) is 4.40. The fourth-order valence-corrected chi connectivity index (χ4v) is 4.40. The minimum absolute atomic E-state index is 0.0231. The average Bonchev–Trinajstić information content (AvgIpc) is 2.76. The highest BCUT2D eigenvalue weighted by Gasteiger charge is 2.28. The van der Waals surface area contributed by atoms with Crippen LogP contribution in [0.1, 0.15) is 135 Å². The van der Waals surface area contributed by atoms with Gasteiger partial charge in [-0.25, -0.2) is 4.79 Å². The van der Waals surface area contributed by atoms with E-state index in [-0.39, 0.29) is 23.4 Å². The Hall–Kier alpha value is -1.35. The number of carbonyl (C=O) groups excluding carboxylic acids is 1.